The number of aryl methyl sites for hydroxylation is 2. The third kappa shape index (κ3) is 3.72. The summed E-state index contributed by atoms with van der Waals surface area (Å²) in [5.74, 6) is 0.0869. The van der Waals surface area contributed by atoms with Gasteiger partial charge in [-0.3, -0.25) is 4.79 Å². The molecule has 1 fully saturated rings. The molecule has 3 nitrogen and oxygen atoms in total. The molecule has 3 heteroatoms. The lowest BCUT2D eigenvalue weighted by molar-refractivity contribution is -0.136. The zero-order valence-corrected chi connectivity index (χ0v) is 11.9. The second kappa shape index (κ2) is 6.09. The van der Waals surface area contributed by atoms with Gasteiger partial charge in [0.1, 0.15) is 0 Å². The van der Waals surface area contributed by atoms with E-state index in [1.165, 1.54) is 29.7 Å². The molecule has 0 bridgehead atoms. The largest absolute Gasteiger partial charge is 0.481 e. The molecule has 1 aliphatic rings. The standard InChI is InChI=1S/C16H23NO2/c1-12-7-9-17(10-8-12)15-5-3-13(2)11-14(15)4-6-16(18)19/h3,5,11-12H,4,6-10H2,1-2H3,(H,18,19). The SMILES string of the molecule is Cc1ccc(N2CCC(C)CC2)c(CCC(=O)O)c1. The summed E-state index contributed by atoms with van der Waals surface area (Å²) in [4.78, 5) is 13.2. The topological polar surface area (TPSA) is 40.5 Å². The van der Waals surface area contributed by atoms with Crippen LogP contribution in [0.2, 0.25) is 0 Å². The Morgan fingerprint density at radius 1 is 1.37 bits per heavy atom. The highest BCUT2D eigenvalue weighted by atomic mass is 16.4. The van der Waals surface area contributed by atoms with E-state index in [4.69, 9.17) is 5.11 Å². The number of carbonyl (C=O) groups is 1. The van der Waals surface area contributed by atoms with Gasteiger partial charge in [0.15, 0.2) is 0 Å². The first kappa shape index (κ1) is 13.9. The van der Waals surface area contributed by atoms with Crippen molar-refractivity contribution < 1.29 is 9.90 Å². The predicted octanol–water partition coefficient (Wildman–Crippen LogP) is 3.25. The average molecular weight is 261 g/mol. The zero-order chi connectivity index (χ0) is 13.8. The number of hydrogen-bond donors (Lipinski definition) is 1. The van der Waals surface area contributed by atoms with E-state index in [0.29, 0.717) is 6.42 Å². The lowest BCUT2D eigenvalue weighted by atomic mass is 9.97. The van der Waals surface area contributed by atoms with Crippen LogP contribution in [-0.4, -0.2) is 24.2 Å². The molecule has 0 radical (unpaired) electrons. The van der Waals surface area contributed by atoms with Crippen LogP contribution in [0, 0.1) is 12.8 Å². The third-order valence-corrected chi connectivity index (χ3v) is 3.97. The number of rotatable bonds is 4. The predicted molar refractivity (Wildman–Crippen MR) is 77.7 cm³/mol. The van der Waals surface area contributed by atoms with Gasteiger partial charge in [-0.15, -0.1) is 0 Å². The minimum absolute atomic E-state index is 0.209. The number of carboxylic acids is 1. The molecule has 1 heterocycles. The first-order chi connectivity index (χ1) is 9.06. The molecule has 0 saturated carbocycles. The smallest absolute Gasteiger partial charge is 0.303 e. The second-order valence-corrected chi connectivity index (χ2v) is 5.70. The molecule has 0 unspecified atom stereocenters. The monoisotopic (exact) mass is 261 g/mol. The number of carboxylic acid groups (broad SMARTS) is 1. The van der Waals surface area contributed by atoms with E-state index in [2.05, 4.69) is 36.9 Å². The van der Waals surface area contributed by atoms with Crippen molar-refractivity contribution in [3.8, 4) is 0 Å². The maximum atomic E-state index is 10.8. The molecular weight excluding hydrogens is 238 g/mol. The van der Waals surface area contributed by atoms with Crippen molar-refractivity contribution in [2.45, 2.75) is 39.5 Å². The third-order valence-electron chi connectivity index (χ3n) is 3.97. The Bertz CT molecular complexity index is 448. The van der Waals surface area contributed by atoms with Gasteiger partial charge >= 0.3 is 5.97 Å². The molecule has 0 aromatic heterocycles. The van der Waals surface area contributed by atoms with Gasteiger partial charge in [-0.05, 0) is 43.7 Å². The Kier molecular flexibility index (Phi) is 4.46. The fourth-order valence-corrected chi connectivity index (χ4v) is 2.71. The molecule has 1 aromatic carbocycles. The number of aliphatic carboxylic acids is 1. The van der Waals surface area contributed by atoms with Crippen molar-refractivity contribution in [1.82, 2.24) is 0 Å². The summed E-state index contributed by atoms with van der Waals surface area (Å²) >= 11 is 0. The molecule has 0 aliphatic carbocycles. The normalized spacial score (nSPS) is 16.6. The number of anilines is 1. The van der Waals surface area contributed by atoms with Crippen LogP contribution in [0.4, 0.5) is 5.69 Å². The molecule has 1 aliphatic heterocycles. The number of benzene rings is 1. The van der Waals surface area contributed by atoms with Crippen molar-refractivity contribution in [3.05, 3.63) is 29.3 Å². The molecule has 0 amide bonds. The number of piperidine rings is 1. The zero-order valence-electron chi connectivity index (χ0n) is 11.9. The van der Waals surface area contributed by atoms with Gasteiger partial charge in [-0.25, -0.2) is 0 Å². The van der Waals surface area contributed by atoms with Crippen LogP contribution in [-0.2, 0) is 11.2 Å². The maximum absolute atomic E-state index is 10.8. The number of nitrogens with zero attached hydrogens (tertiary/aromatic N) is 1. The Morgan fingerprint density at radius 2 is 2.05 bits per heavy atom. The lowest BCUT2D eigenvalue weighted by Crippen LogP contribution is -2.33. The molecule has 19 heavy (non-hydrogen) atoms. The first-order valence-electron chi connectivity index (χ1n) is 7.12. The second-order valence-electron chi connectivity index (χ2n) is 5.70. The van der Waals surface area contributed by atoms with Crippen LogP contribution in [0.5, 0.6) is 0 Å². The number of hydrogen-bond acceptors (Lipinski definition) is 2. The quantitative estimate of drug-likeness (QED) is 0.904. The Hall–Kier alpha value is -1.51. The van der Waals surface area contributed by atoms with E-state index in [-0.39, 0.29) is 6.42 Å². The van der Waals surface area contributed by atoms with Gasteiger partial charge in [0.2, 0.25) is 0 Å². The van der Waals surface area contributed by atoms with Gasteiger partial charge in [0, 0.05) is 25.2 Å². The van der Waals surface area contributed by atoms with Crippen LogP contribution in [0.25, 0.3) is 0 Å². The summed E-state index contributed by atoms with van der Waals surface area (Å²) < 4.78 is 0. The van der Waals surface area contributed by atoms with Gasteiger partial charge in [0.25, 0.3) is 0 Å². The van der Waals surface area contributed by atoms with Crippen LogP contribution < -0.4 is 4.90 Å². The van der Waals surface area contributed by atoms with E-state index >= 15 is 0 Å². The molecule has 0 atom stereocenters. The highest BCUT2D eigenvalue weighted by Gasteiger charge is 2.18. The molecule has 2 rings (SSSR count). The molecule has 1 aromatic rings. The van der Waals surface area contributed by atoms with Crippen molar-refractivity contribution in [3.63, 3.8) is 0 Å². The van der Waals surface area contributed by atoms with Crippen molar-refractivity contribution in [2.24, 2.45) is 5.92 Å². The van der Waals surface area contributed by atoms with Gasteiger partial charge in [0.05, 0.1) is 0 Å². The summed E-state index contributed by atoms with van der Waals surface area (Å²) in [7, 11) is 0. The minimum atomic E-state index is -0.722. The Labute approximate surface area is 115 Å². The van der Waals surface area contributed by atoms with Crippen LogP contribution >= 0.6 is 0 Å². The summed E-state index contributed by atoms with van der Waals surface area (Å²) in [6.45, 7) is 6.54. The van der Waals surface area contributed by atoms with Crippen molar-refractivity contribution in [1.29, 1.82) is 0 Å². The Morgan fingerprint density at radius 3 is 2.68 bits per heavy atom. The first-order valence-corrected chi connectivity index (χ1v) is 7.12. The van der Waals surface area contributed by atoms with E-state index in [1.54, 1.807) is 0 Å². The van der Waals surface area contributed by atoms with Crippen molar-refractivity contribution in [2.75, 3.05) is 18.0 Å². The highest BCUT2D eigenvalue weighted by Crippen LogP contribution is 2.27. The van der Waals surface area contributed by atoms with E-state index < -0.39 is 5.97 Å². The lowest BCUT2D eigenvalue weighted by Gasteiger charge is -2.33. The van der Waals surface area contributed by atoms with Crippen LogP contribution in [0.15, 0.2) is 18.2 Å². The fraction of sp³-hybridized carbons (Fsp3) is 0.562. The fourth-order valence-electron chi connectivity index (χ4n) is 2.71. The molecule has 1 saturated heterocycles. The average Bonchev–Trinajstić information content (AvgIpc) is 2.38. The molecule has 104 valence electrons. The van der Waals surface area contributed by atoms with Gasteiger partial charge in [-0.2, -0.15) is 0 Å². The maximum Gasteiger partial charge on any atom is 0.303 e. The van der Waals surface area contributed by atoms with Crippen molar-refractivity contribution >= 4 is 11.7 Å². The molecule has 1 N–H and O–H groups in total. The Balaban J connectivity index is 2.16. The summed E-state index contributed by atoms with van der Waals surface area (Å²) in [6, 6.07) is 6.41. The van der Waals surface area contributed by atoms with Crippen LogP contribution in [0.1, 0.15) is 37.3 Å². The molecule has 0 spiro atoms. The van der Waals surface area contributed by atoms with Crippen LogP contribution in [0.3, 0.4) is 0 Å². The van der Waals surface area contributed by atoms with Gasteiger partial charge < -0.3 is 10.0 Å². The van der Waals surface area contributed by atoms with Gasteiger partial charge in [-0.1, -0.05) is 24.6 Å². The summed E-state index contributed by atoms with van der Waals surface area (Å²) in [5.41, 5.74) is 3.62. The van der Waals surface area contributed by atoms with E-state index in [1.807, 2.05) is 0 Å². The molecular formula is C16H23NO2. The summed E-state index contributed by atoms with van der Waals surface area (Å²) in [6.07, 6.45) is 3.29. The van der Waals surface area contributed by atoms with E-state index in [9.17, 15) is 4.79 Å². The summed E-state index contributed by atoms with van der Waals surface area (Å²) in [5, 5.41) is 8.87. The highest BCUT2D eigenvalue weighted by molar-refractivity contribution is 5.68. The minimum Gasteiger partial charge on any atom is -0.481 e. The van der Waals surface area contributed by atoms with E-state index in [0.717, 1.165) is 19.0 Å².